The van der Waals surface area contributed by atoms with Gasteiger partial charge in [-0.25, -0.2) is 17.1 Å². The summed E-state index contributed by atoms with van der Waals surface area (Å²) in [5.74, 6) is -0.0506. The van der Waals surface area contributed by atoms with Crippen molar-refractivity contribution in [3.8, 4) is 6.07 Å². The Morgan fingerprint density at radius 2 is 2.17 bits per heavy atom. The average Bonchev–Trinajstić information content (AvgIpc) is 2.36. The van der Waals surface area contributed by atoms with Crippen molar-refractivity contribution in [2.45, 2.75) is 4.90 Å². The standard InChI is InChI=1S/C11H13FN2O2S2/c1-14(5-6-17-2)18(15,16)10-3-4-11(12)9(7-10)8-13/h3-4,7H,5-6H2,1-2H3. The van der Waals surface area contributed by atoms with Gasteiger partial charge >= 0.3 is 0 Å². The SMILES string of the molecule is CSCCN(C)S(=O)(=O)c1ccc(F)c(C#N)c1. The molecule has 7 heteroatoms. The molecule has 0 N–H and O–H groups in total. The van der Waals surface area contributed by atoms with E-state index in [-0.39, 0.29) is 10.5 Å². The fraction of sp³-hybridized carbons (Fsp3) is 0.364. The molecule has 0 aliphatic carbocycles. The zero-order valence-electron chi connectivity index (χ0n) is 10.1. The maximum atomic E-state index is 13.1. The van der Waals surface area contributed by atoms with E-state index in [0.717, 1.165) is 12.1 Å². The lowest BCUT2D eigenvalue weighted by atomic mass is 10.2. The highest BCUT2D eigenvalue weighted by molar-refractivity contribution is 7.98. The van der Waals surface area contributed by atoms with Gasteiger partial charge in [-0.3, -0.25) is 0 Å². The third kappa shape index (κ3) is 3.22. The van der Waals surface area contributed by atoms with Gasteiger partial charge in [0.05, 0.1) is 10.5 Å². The van der Waals surface area contributed by atoms with Gasteiger partial charge in [-0.15, -0.1) is 0 Å². The van der Waals surface area contributed by atoms with Crippen LogP contribution in [0, 0.1) is 17.1 Å². The Morgan fingerprint density at radius 3 is 2.72 bits per heavy atom. The quantitative estimate of drug-likeness (QED) is 0.827. The first-order chi connectivity index (χ1) is 8.43. The van der Waals surface area contributed by atoms with Crippen LogP contribution in [0.5, 0.6) is 0 Å². The number of hydrogen-bond acceptors (Lipinski definition) is 4. The summed E-state index contributed by atoms with van der Waals surface area (Å²) in [4.78, 5) is -0.0657. The summed E-state index contributed by atoms with van der Waals surface area (Å²) >= 11 is 1.53. The lowest BCUT2D eigenvalue weighted by Gasteiger charge is -2.16. The molecular formula is C11H13FN2O2S2. The van der Waals surface area contributed by atoms with Crippen LogP contribution in [0.3, 0.4) is 0 Å². The van der Waals surface area contributed by atoms with E-state index in [2.05, 4.69) is 0 Å². The van der Waals surface area contributed by atoms with E-state index in [1.807, 2.05) is 6.26 Å². The Morgan fingerprint density at radius 1 is 1.50 bits per heavy atom. The van der Waals surface area contributed by atoms with Gasteiger partial charge in [-0.1, -0.05) is 0 Å². The molecule has 1 aromatic rings. The summed E-state index contributed by atoms with van der Waals surface area (Å²) in [6.45, 7) is 0.364. The van der Waals surface area contributed by atoms with Gasteiger partial charge in [0.25, 0.3) is 0 Å². The van der Waals surface area contributed by atoms with Crippen LogP contribution in [0.4, 0.5) is 4.39 Å². The molecule has 0 fully saturated rings. The van der Waals surface area contributed by atoms with E-state index in [0.29, 0.717) is 12.3 Å². The van der Waals surface area contributed by atoms with Gasteiger partial charge < -0.3 is 0 Å². The summed E-state index contributed by atoms with van der Waals surface area (Å²) in [6, 6.07) is 4.85. The molecule has 4 nitrogen and oxygen atoms in total. The number of nitriles is 1. The third-order valence-electron chi connectivity index (χ3n) is 2.38. The van der Waals surface area contributed by atoms with Crippen LogP contribution in [0.25, 0.3) is 0 Å². The van der Waals surface area contributed by atoms with Crippen molar-refractivity contribution in [1.29, 1.82) is 5.26 Å². The van der Waals surface area contributed by atoms with Crippen molar-refractivity contribution in [3.63, 3.8) is 0 Å². The first kappa shape index (κ1) is 15.0. The van der Waals surface area contributed by atoms with Gasteiger partial charge in [0.1, 0.15) is 11.9 Å². The highest BCUT2D eigenvalue weighted by Crippen LogP contribution is 2.18. The van der Waals surface area contributed by atoms with Crippen LogP contribution in [-0.4, -0.2) is 38.3 Å². The minimum absolute atomic E-state index is 0.0657. The van der Waals surface area contributed by atoms with Crippen molar-refractivity contribution in [1.82, 2.24) is 4.31 Å². The molecule has 0 heterocycles. The molecule has 0 amide bonds. The number of benzene rings is 1. The number of nitrogens with zero attached hydrogens (tertiary/aromatic N) is 2. The molecule has 0 unspecified atom stereocenters. The Balaban J connectivity index is 3.10. The number of thioether (sulfide) groups is 1. The highest BCUT2D eigenvalue weighted by Gasteiger charge is 2.21. The molecule has 1 rings (SSSR count). The number of rotatable bonds is 5. The van der Waals surface area contributed by atoms with Gasteiger partial charge in [0, 0.05) is 19.3 Å². The van der Waals surface area contributed by atoms with E-state index in [4.69, 9.17) is 5.26 Å². The predicted molar refractivity (Wildman–Crippen MR) is 69.3 cm³/mol. The van der Waals surface area contributed by atoms with Crippen molar-refractivity contribution >= 4 is 21.8 Å². The Labute approximate surface area is 110 Å². The zero-order valence-corrected chi connectivity index (χ0v) is 11.7. The van der Waals surface area contributed by atoms with Gasteiger partial charge in [0.2, 0.25) is 10.0 Å². The fourth-order valence-electron chi connectivity index (χ4n) is 1.27. The number of sulfonamides is 1. The molecule has 1 aromatic carbocycles. The van der Waals surface area contributed by atoms with Crippen molar-refractivity contribution in [2.75, 3.05) is 25.6 Å². The second-order valence-electron chi connectivity index (χ2n) is 3.57. The van der Waals surface area contributed by atoms with Crippen molar-refractivity contribution in [2.24, 2.45) is 0 Å². The largest absolute Gasteiger partial charge is 0.242 e. The molecule has 0 aliphatic rings. The van der Waals surface area contributed by atoms with Crippen LogP contribution in [0.1, 0.15) is 5.56 Å². The van der Waals surface area contributed by atoms with Crippen LogP contribution < -0.4 is 0 Å². The average molecular weight is 288 g/mol. The minimum atomic E-state index is -3.66. The molecule has 0 aromatic heterocycles. The van der Waals surface area contributed by atoms with E-state index >= 15 is 0 Å². The van der Waals surface area contributed by atoms with Crippen LogP contribution in [0.15, 0.2) is 23.1 Å². The molecular weight excluding hydrogens is 275 g/mol. The van der Waals surface area contributed by atoms with E-state index in [1.54, 1.807) is 6.07 Å². The Bertz CT molecular complexity index is 567. The predicted octanol–water partition coefficient (Wildman–Crippen LogP) is 1.68. The Kier molecular flexibility index (Phi) is 5.14. The maximum absolute atomic E-state index is 13.1. The number of halogens is 1. The molecule has 18 heavy (non-hydrogen) atoms. The molecule has 0 saturated carbocycles. The molecule has 0 radical (unpaired) electrons. The summed E-state index contributed by atoms with van der Waals surface area (Å²) in [5.41, 5.74) is -0.269. The summed E-state index contributed by atoms with van der Waals surface area (Å²) < 4.78 is 38.5. The molecule has 0 saturated heterocycles. The van der Waals surface area contributed by atoms with Crippen LogP contribution in [-0.2, 0) is 10.0 Å². The van der Waals surface area contributed by atoms with E-state index in [9.17, 15) is 12.8 Å². The molecule has 98 valence electrons. The van der Waals surface area contributed by atoms with Crippen LogP contribution >= 0.6 is 11.8 Å². The van der Waals surface area contributed by atoms with Crippen molar-refractivity contribution in [3.05, 3.63) is 29.6 Å². The molecule has 0 spiro atoms. The number of hydrogen-bond donors (Lipinski definition) is 0. The molecule has 0 bridgehead atoms. The first-order valence-electron chi connectivity index (χ1n) is 5.08. The van der Waals surface area contributed by atoms with Crippen molar-refractivity contribution < 1.29 is 12.8 Å². The first-order valence-corrected chi connectivity index (χ1v) is 7.91. The third-order valence-corrected chi connectivity index (χ3v) is 4.82. The fourth-order valence-corrected chi connectivity index (χ4v) is 3.04. The summed E-state index contributed by atoms with van der Waals surface area (Å²) in [5, 5.41) is 8.69. The normalized spacial score (nSPS) is 11.5. The lowest BCUT2D eigenvalue weighted by Crippen LogP contribution is -2.29. The lowest BCUT2D eigenvalue weighted by molar-refractivity contribution is 0.488. The maximum Gasteiger partial charge on any atom is 0.242 e. The van der Waals surface area contributed by atoms with E-state index < -0.39 is 15.8 Å². The molecule has 0 aliphatic heterocycles. The van der Waals surface area contributed by atoms with Gasteiger partial charge in [0.15, 0.2) is 0 Å². The monoisotopic (exact) mass is 288 g/mol. The Hall–Kier alpha value is -1.10. The smallest absolute Gasteiger partial charge is 0.207 e. The van der Waals surface area contributed by atoms with Crippen LogP contribution in [0.2, 0.25) is 0 Å². The highest BCUT2D eigenvalue weighted by atomic mass is 32.2. The van der Waals surface area contributed by atoms with E-state index in [1.165, 1.54) is 29.2 Å². The zero-order chi connectivity index (χ0) is 13.8. The molecule has 0 atom stereocenters. The van der Waals surface area contributed by atoms with Gasteiger partial charge in [-0.2, -0.15) is 17.0 Å². The second-order valence-corrected chi connectivity index (χ2v) is 6.60. The topological polar surface area (TPSA) is 61.2 Å². The second kappa shape index (κ2) is 6.18. The minimum Gasteiger partial charge on any atom is -0.207 e. The summed E-state index contributed by atoms with van der Waals surface area (Å²) in [7, 11) is -2.20. The van der Waals surface area contributed by atoms with Gasteiger partial charge in [-0.05, 0) is 24.5 Å². The summed E-state index contributed by atoms with van der Waals surface area (Å²) in [6.07, 6.45) is 1.88.